The first-order valence-electron chi connectivity index (χ1n) is 11.5. The van der Waals surface area contributed by atoms with Gasteiger partial charge in [-0.15, -0.1) is 0 Å². The Balaban J connectivity index is 1.39. The van der Waals surface area contributed by atoms with Crippen molar-refractivity contribution in [3.8, 4) is 39.6 Å². The number of carbonyl (C=O) groups excluding carboxylic acids is 1. The number of hydrogen-bond acceptors (Lipinski definition) is 6. The van der Waals surface area contributed by atoms with Crippen molar-refractivity contribution in [3.63, 3.8) is 0 Å². The van der Waals surface area contributed by atoms with Crippen LogP contribution in [0, 0.1) is 0 Å². The summed E-state index contributed by atoms with van der Waals surface area (Å²) in [6.45, 7) is 0. The Morgan fingerprint density at radius 3 is 2.47 bits per heavy atom. The summed E-state index contributed by atoms with van der Waals surface area (Å²) in [5.74, 6) is 0.193. The number of rotatable bonds is 6. The summed E-state index contributed by atoms with van der Waals surface area (Å²) in [7, 11) is 1.51. The zero-order valence-electron chi connectivity index (χ0n) is 19.2. The van der Waals surface area contributed by atoms with Crippen molar-refractivity contribution in [2.24, 2.45) is 0 Å². The fourth-order valence-corrected chi connectivity index (χ4v) is 4.76. The molecular formula is C28H21ClN2O5. The number of aromatic amines is 1. The van der Waals surface area contributed by atoms with Gasteiger partial charge in [0.2, 0.25) is 17.4 Å². The average molecular weight is 501 g/mol. The van der Waals surface area contributed by atoms with Crippen LogP contribution in [0.25, 0.3) is 33.2 Å². The van der Waals surface area contributed by atoms with Crippen molar-refractivity contribution in [1.82, 2.24) is 10.1 Å². The molecule has 7 nitrogen and oxygen atoms in total. The predicted molar refractivity (Wildman–Crippen MR) is 136 cm³/mol. The summed E-state index contributed by atoms with van der Waals surface area (Å²) in [6, 6.07) is 17.9. The fourth-order valence-electron chi connectivity index (χ4n) is 4.49. The largest absolute Gasteiger partial charge is 0.504 e. The number of nitrogens with zero attached hydrogens (tertiary/aromatic N) is 1. The molecule has 0 atom stereocenters. The molecule has 3 N–H and O–H groups in total. The van der Waals surface area contributed by atoms with Gasteiger partial charge in [0.05, 0.1) is 28.9 Å². The Morgan fingerprint density at radius 1 is 1.06 bits per heavy atom. The van der Waals surface area contributed by atoms with E-state index >= 15 is 0 Å². The van der Waals surface area contributed by atoms with Crippen molar-refractivity contribution >= 4 is 28.3 Å². The fraction of sp³-hybridized carbons (Fsp3) is 0.143. The lowest BCUT2D eigenvalue weighted by atomic mass is 9.97. The van der Waals surface area contributed by atoms with E-state index in [-0.39, 0.29) is 23.0 Å². The van der Waals surface area contributed by atoms with E-state index in [9.17, 15) is 15.0 Å². The van der Waals surface area contributed by atoms with E-state index in [1.54, 1.807) is 24.3 Å². The molecule has 0 radical (unpaired) electrons. The third kappa shape index (κ3) is 3.69. The second-order valence-corrected chi connectivity index (χ2v) is 9.29. The number of phenols is 1. The number of methoxy groups -OCH3 is 1. The van der Waals surface area contributed by atoms with Crippen molar-refractivity contribution in [3.05, 3.63) is 82.7 Å². The number of aromatic nitrogens is 2. The maximum absolute atomic E-state index is 13.2. The number of ether oxygens (including phenoxy) is 1. The van der Waals surface area contributed by atoms with Gasteiger partial charge in [0.25, 0.3) is 0 Å². The second-order valence-electron chi connectivity index (χ2n) is 8.88. The standard InChI is InChI=1S/C28H21ClN2O5/c1-35-23-4-2-3-17(26(23)32)14-5-7-15(8-6-14)18-11-19-22(12-20(18)29)30-28(34)25(19)27(33)24-13-21(31-36-24)16-9-10-16/h2-8,11-13,16,30,32,34H,9-10H2,1H3. The SMILES string of the molecule is COc1cccc(-c2ccc(-c3cc4c(C(=O)c5cc(C6CC6)no5)c(O)[nH]c4cc3Cl)cc2)c1O. The van der Waals surface area contributed by atoms with Crippen LogP contribution < -0.4 is 4.74 Å². The molecule has 180 valence electrons. The molecule has 1 aliphatic carbocycles. The highest BCUT2D eigenvalue weighted by Gasteiger charge is 2.30. The number of nitrogens with one attached hydrogen (secondary N) is 1. The zero-order valence-corrected chi connectivity index (χ0v) is 20.0. The molecule has 36 heavy (non-hydrogen) atoms. The molecule has 0 unspecified atom stereocenters. The van der Waals surface area contributed by atoms with Gasteiger partial charge in [0.15, 0.2) is 11.5 Å². The predicted octanol–water partition coefficient (Wildman–Crippen LogP) is 6.67. The highest BCUT2D eigenvalue weighted by Crippen LogP contribution is 2.42. The van der Waals surface area contributed by atoms with Gasteiger partial charge < -0.3 is 24.5 Å². The Morgan fingerprint density at radius 2 is 1.78 bits per heavy atom. The first-order valence-corrected chi connectivity index (χ1v) is 11.8. The number of benzene rings is 3. The number of hydrogen-bond donors (Lipinski definition) is 3. The van der Waals surface area contributed by atoms with E-state index in [1.807, 2.05) is 36.4 Å². The molecule has 3 aromatic carbocycles. The number of phenolic OH excluding ortho intramolecular Hbond substituents is 1. The Bertz CT molecular complexity index is 1630. The summed E-state index contributed by atoms with van der Waals surface area (Å²) in [5, 5.41) is 26.0. The quantitative estimate of drug-likeness (QED) is 0.225. The molecule has 2 aromatic heterocycles. The summed E-state index contributed by atoms with van der Waals surface area (Å²) in [4.78, 5) is 16.1. The highest BCUT2D eigenvalue weighted by atomic mass is 35.5. The zero-order chi connectivity index (χ0) is 25.0. The maximum Gasteiger partial charge on any atom is 0.237 e. The Labute approximate surface area is 210 Å². The van der Waals surface area contributed by atoms with Crippen LogP contribution in [0.2, 0.25) is 5.02 Å². The number of fused-ring (bicyclic) bond motifs is 1. The van der Waals surface area contributed by atoms with Gasteiger partial charge in [-0.05, 0) is 42.2 Å². The van der Waals surface area contributed by atoms with Gasteiger partial charge in [-0.2, -0.15) is 0 Å². The van der Waals surface area contributed by atoms with E-state index in [4.69, 9.17) is 20.9 Å². The molecule has 0 spiro atoms. The highest BCUT2D eigenvalue weighted by molar-refractivity contribution is 6.34. The number of carbonyl (C=O) groups is 1. The van der Waals surface area contributed by atoms with Crippen molar-refractivity contribution in [1.29, 1.82) is 0 Å². The molecule has 0 bridgehead atoms. The van der Waals surface area contributed by atoms with Gasteiger partial charge in [0.1, 0.15) is 0 Å². The van der Waals surface area contributed by atoms with Crippen LogP contribution in [-0.2, 0) is 0 Å². The van der Waals surface area contributed by atoms with E-state index in [2.05, 4.69) is 10.1 Å². The summed E-state index contributed by atoms with van der Waals surface area (Å²) in [6.07, 6.45) is 2.08. The topological polar surface area (TPSA) is 109 Å². The molecule has 2 heterocycles. The molecule has 6 rings (SSSR count). The van der Waals surface area contributed by atoms with Gasteiger partial charge >= 0.3 is 0 Å². The van der Waals surface area contributed by atoms with Crippen LogP contribution in [-0.4, -0.2) is 33.2 Å². The number of halogens is 1. The maximum atomic E-state index is 13.2. The first kappa shape index (κ1) is 22.2. The van der Waals surface area contributed by atoms with Crippen LogP contribution >= 0.6 is 11.6 Å². The van der Waals surface area contributed by atoms with Gasteiger partial charge in [-0.25, -0.2) is 0 Å². The third-order valence-electron chi connectivity index (χ3n) is 6.57. The lowest BCUT2D eigenvalue weighted by Crippen LogP contribution is -1.99. The van der Waals surface area contributed by atoms with Crippen LogP contribution in [0.1, 0.15) is 40.6 Å². The number of para-hydroxylation sites is 1. The van der Waals surface area contributed by atoms with Crippen molar-refractivity contribution < 1.29 is 24.3 Å². The van der Waals surface area contributed by atoms with Crippen molar-refractivity contribution in [2.75, 3.05) is 7.11 Å². The lowest BCUT2D eigenvalue weighted by molar-refractivity contribution is 0.0999. The molecule has 1 aliphatic rings. The second kappa shape index (κ2) is 8.46. The smallest absolute Gasteiger partial charge is 0.237 e. The monoisotopic (exact) mass is 500 g/mol. The number of aromatic hydroxyl groups is 2. The molecule has 8 heteroatoms. The van der Waals surface area contributed by atoms with E-state index in [0.717, 1.165) is 29.7 Å². The van der Waals surface area contributed by atoms with Crippen LogP contribution in [0.4, 0.5) is 0 Å². The minimum Gasteiger partial charge on any atom is -0.504 e. The summed E-state index contributed by atoms with van der Waals surface area (Å²) >= 11 is 6.59. The minimum atomic E-state index is -0.449. The minimum absolute atomic E-state index is 0.0652. The molecule has 0 amide bonds. The Kier molecular flexibility index (Phi) is 5.23. The number of H-pyrrole nitrogens is 1. The summed E-state index contributed by atoms with van der Waals surface area (Å²) in [5.41, 5.74) is 4.35. The van der Waals surface area contributed by atoms with Crippen molar-refractivity contribution in [2.45, 2.75) is 18.8 Å². The van der Waals surface area contributed by atoms with E-state index in [0.29, 0.717) is 38.7 Å². The van der Waals surface area contributed by atoms with Crippen LogP contribution in [0.3, 0.4) is 0 Å². The Hall–Kier alpha value is -4.23. The molecule has 1 fully saturated rings. The molecule has 0 saturated heterocycles. The lowest BCUT2D eigenvalue weighted by Gasteiger charge is -2.10. The molecule has 1 saturated carbocycles. The van der Waals surface area contributed by atoms with E-state index < -0.39 is 5.78 Å². The van der Waals surface area contributed by atoms with Gasteiger partial charge in [-0.1, -0.05) is 53.2 Å². The third-order valence-corrected chi connectivity index (χ3v) is 6.88. The van der Waals surface area contributed by atoms with Gasteiger partial charge in [-0.3, -0.25) is 4.79 Å². The molecule has 5 aromatic rings. The summed E-state index contributed by atoms with van der Waals surface area (Å²) < 4.78 is 10.5. The van der Waals surface area contributed by atoms with Gasteiger partial charge in [0, 0.05) is 28.5 Å². The first-order chi connectivity index (χ1) is 17.4. The van der Waals surface area contributed by atoms with E-state index in [1.165, 1.54) is 7.11 Å². The number of ketones is 1. The average Bonchev–Trinajstić information content (AvgIpc) is 3.52. The van der Waals surface area contributed by atoms with Crippen LogP contribution in [0.15, 0.2) is 65.2 Å². The molecular weight excluding hydrogens is 480 g/mol. The van der Waals surface area contributed by atoms with Crippen LogP contribution in [0.5, 0.6) is 17.4 Å². The molecule has 0 aliphatic heterocycles. The normalized spacial score (nSPS) is 13.3.